The second-order valence-electron chi connectivity index (χ2n) is 3.76. The number of benzene rings is 1. The van der Waals surface area contributed by atoms with Crippen LogP contribution in [0.15, 0.2) is 28.7 Å². The van der Waals surface area contributed by atoms with E-state index in [0.717, 1.165) is 27.1 Å². The van der Waals surface area contributed by atoms with Crippen LogP contribution in [0.4, 0.5) is 0 Å². The molecule has 1 aromatic carbocycles. The monoisotopic (exact) mass is 298 g/mol. The van der Waals surface area contributed by atoms with E-state index in [4.69, 9.17) is 11.6 Å². The number of nitrogens with zero attached hydrogens (tertiary/aromatic N) is 2. The molecule has 0 aliphatic carbocycles. The maximum atomic E-state index is 5.79. The van der Waals surface area contributed by atoms with Crippen molar-refractivity contribution in [3.63, 3.8) is 0 Å². The van der Waals surface area contributed by atoms with Crippen LogP contribution in [-0.4, -0.2) is 9.78 Å². The van der Waals surface area contributed by atoms with Gasteiger partial charge in [-0.25, -0.2) is 4.68 Å². The molecule has 0 N–H and O–H groups in total. The lowest BCUT2D eigenvalue weighted by atomic mass is 10.2. The van der Waals surface area contributed by atoms with Crippen LogP contribution in [0, 0.1) is 13.8 Å². The van der Waals surface area contributed by atoms with Gasteiger partial charge in [-0.2, -0.15) is 5.10 Å². The summed E-state index contributed by atoms with van der Waals surface area (Å²) in [4.78, 5) is 0. The van der Waals surface area contributed by atoms with E-state index in [0.29, 0.717) is 5.88 Å². The maximum absolute atomic E-state index is 5.79. The van der Waals surface area contributed by atoms with Gasteiger partial charge in [0.1, 0.15) is 0 Å². The Hall–Kier alpha value is -0.800. The van der Waals surface area contributed by atoms with Crippen molar-refractivity contribution in [3.8, 4) is 5.69 Å². The van der Waals surface area contributed by atoms with E-state index in [1.54, 1.807) is 0 Å². The minimum absolute atomic E-state index is 0.524. The van der Waals surface area contributed by atoms with Crippen molar-refractivity contribution < 1.29 is 0 Å². The van der Waals surface area contributed by atoms with Gasteiger partial charge in [-0.1, -0.05) is 6.07 Å². The number of hydrogen-bond acceptors (Lipinski definition) is 1. The average Bonchev–Trinajstić information content (AvgIpc) is 2.57. The van der Waals surface area contributed by atoms with Crippen molar-refractivity contribution in [2.45, 2.75) is 19.7 Å². The van der Waals surface area contributed by atoms with Gasteiger partial charge in [0.2, 0.25) is 0 Å². The molecule has 0 spiro atoms. The summed E-state index contributed by atoms with van der Waals surface area (Å²) in [6.07, 6.45) is 0. The van der Waals surface area contributed by atoms with Crippen LogP contribution in [0.25, 0.3) is 5.69 Å². The molecule has 84 valence electrons. The van der Waals surface area contributed by atoms with Crippen molar-refractivity contribution in [1.82, 2.24) is 9.78 Å². The third-order valence-corrected chi connectivity index (χ3v) is 3.35. The highest BCUT2D eigenvalue weighted by atomic mass is 79.9. The van der Waals surface area contributed by atoms with Crippen LogP contribution in [0.2, 0.25) is 0 Å². The van der Waals surface area contributed by atoms with Gasteiger partial charge in [0.05, 0.1) is 11.4 Å². The van der Waals surface area contributed by atoms with Gasteiger partial charge >= 0.3 is 0 Å². The molecule has 16 heavy (non-hydrogen) atoms. The molecule has 0 aliphatic rings. The fourth-order valence-corrected chi connectivity index (χ4v) is 2.44. The van der Waals surface area contributed by atoms with E-state index in [1.165, 1.54) is 0 Å². The molecule has 0 radical (unpaired) electrons. The molecule has 2 rings (SSSR count). The Bertz CT molecular complexity index is 520. The first-order valence-corrected chi connectivity index (χ1v) is 6.32. The minimum Gasteiger partial charge on any atom is -0.237 e. The first-order chi connectivity index (χ1) is 7.61. The number of aromatic nitrogens is 2. The lowest BCUT2D eigenvalue weighted by molar-refractivity contribution is 0.829. The zero-order chi connectivity index (χ0) is 11.7. The fraction of sp³-hybridized carbons (Fsp3) is 0.250. The van der Waals surface area contributed by atoms with E-state index in [2.05, 4.69) is 27.1 Å². The highest BCUT2D eigenvalue weighted by molar-refractivity contribution is 9.10. The summed E-state index contributed by atoms with van der Waals surface area (Å²) in [7, 11) is 0. The van der Waals surface area contributed by atoms with Crippen molar-refractivity contribution in [3.05, 3.63) is 45.7 Å². The van der Waals surface area contributed by atoms with E-state index in [-0.39, 0.29) is 0 Å². The molecule has 0 bridgehead atoms. The minimum atomic E-state index is 0.524. The van der Waals surface area contributed by atoms with Crippen LogP contribution < -0.4 is 0 Å². The van der Waals surface area contributed by atoms with Gasteiger partial charge in [-0.15, -0.1) is 11.6 Å². The second kappa shape index (κ2) is 4.60. The molecule has 0 aliphatic heterocycles. The number of aryl methyl sites for hydroxylation is 2. The second-order valence-corrected chi connectivity index (χ2v) is 4.88. The van der Waals surface area contributed by atoms with Gasteiger partial charge in [0, 0.05) is 16.0 Å². The Morgan fingerprint density at radius 1 is 1.31 bits per heavy atom. The van der Waals surface area contributed by atoms with Gasteiger partial charge in [-0.3, -0.25) is 0 Å². The molecule has 2 aromatic rings. The van der Waals surface area contributed by atoms with Gasteiger partial charge < -0.3 is 0 Å². The van der Waals surface area contributed by atoms with E-state index < -0.39 is 0 Å². The van der Waals surface area contributed by atoms with Gasteiger partial charge in [-0.05, 0) is 53.5 Å². The first kappa shape index (κ1) is 11.7. The van der Waals surface area contributed by atoms with Crippen LogP contribution in [-0.2, 0) is 5.88 Å². The molecule has 4 heteroatoms. The zero-order valence-electron chi connectivity index (χ0n) is 9.17. The number of rotatable bonds is 2. The summed E-state index contributed by atoms with van der Waals surface area (Å²) < 4.78 is 2.94. The lowest BCUT2D eigenvalue weighted by Crippen LogP contribution is -2.00. The molecular weight excluding hydrogens is 288 g/mol. The Kier molecular flexibility index (Phi) is 3.36. The Balaban J connectivity index is 2.52. The predicted molar refractivity (Wildman–Crippen MR) is 70.3 cm³/mol. The SMILES string of the molecule is Cc1cc(C)n(-c2ccc(CCl)cc2Br)n1. The van der Waals surface area contributed by atoms with Crippen LogP contribution in [0.5, 0.6) is 0 Å². The largest absolute Gasteiger partial charge is 0.237 e. The quantitative estimate of drug-likeness (QED) is 0.767. The Morgan fingerprint density at radius 2 is 2.06 bits per heavy atom. The summed E-state index contributed by atoms with van der Waals surface area (Å²) in [5.74, 6) is 0.524. The topological polar surface area (TPSA) is 17.8 Å². The standard InChI is InChI=1S/C12H12BrClN2/c1-8-5-9(2)16(15-8)12-4-3-10(7-14)6-11(12)13/h3-6H,7H2,1-2H3. The summed E-state index contributed by atoms with van der Waals surface area (Å²) in [6, 6.07) is 8.13. The van der Waals surface area contributed by atoms with Crippen molar-refractivity contribution >= 4 is 27.5 Å². The first-order valence-electron chi connectivity index (χ1n) is 5.00. The van der Waals surface area contributed by atoms with E-state index in [9.17, 15) is 0 Å². The van der Waals surface area contributed by atoms with Gasteiger partial charge in [0.25, 0.3) is 0 Å². The van der Waals surface area contributed by atoms with E-state index >= 15 is 0 Å². The van der Waals surface area contributed by atoms with Gasteiger partial charge in [0.15, 0.2) is 0 Å². The van der Waals surface area contributed by atoms with Crippen LogP contribution in [0.3, 0.4) is 0 Å². The lowest BCUT2D eigenvalue weighted by Gasteiger charge is -2.08. The molecule has 0 saturated heterocycles. The predicted octanol–water partition coefficient (Wildman–Crippen LogP) is 3.99. The molecule has 1 heterocycles. The summed E-state index contributed by atoms with van der Waals surface area (Å²) in [6.45, 7) is 4.03. The Morgan fingerprint density at radius 3 is 2.56 bits per heavy atom. The molecule has 2 nitrogen and oxygen atoms in total. The number of alkyl halides is 1. The molecule has 0 fully saturated rings. The van der Waals surface area contributed by atoms with E-state index in [1.807, 2.05) is 36.7 Å². The molecule has 0 amide bonds. The van der Waals surface area contributed by atoms with Crippen molar-refractivity contribution in [1.29, 1.82) is 0 Å². The molecule has 1 aromatic heterocycles. The normalized spacial score (nSPS) is 10.8. The summed E-state index contributed by atoms with van der Waals surface area (Å²) in [5, 5.41) is 4.45. The van der Waals surface area contributed by atoms with Crippen molar-refractivity contribution in [2.24, 2.45) is 0 Å². The highest BCUT2D eigenvalue weighted by Crippen LogP contribution is 2.24. The van der Waals surface area contributed by atoms with Crippen LogP contribution in [0.1, 0.15) is 17.0 Å². The van der Waals surface area contributed by atoms with Crippen molar-refractivity contribution in [2.75, 3.05) is 0 Å². The smallest absolute Gasteiger partial charge is 0.0790 e. The Labute approximate surface area is 108 Å². The highest BCUT2D eigenvalue weighted by Gasteiger charge is 2.07. The zero-order valence-corrected chi connectivity index (χ0v) is 11.5. The molecule has 0 saturated carbocycles. The maximum Gasteiger partial charge on any atom is 0.0790 e. The average molecular weight is 300 g/mol. The number of halogens is 2. The molecule has 0 unspecified atom stereocenters. The summed E-state index contributed by atoms with van der Waals surface area (Å²) in [5.41, 5.74) is 4.28. The van der Waals surface area contributed by atoms with Crippen LogP contribution >= 0.6 is 27.5 Å². The third kappa shape index (κ3) is 2.15. The fourth-order valence-electron chi connectivity index (χ4n) is 1.68. The summed E-state index contributed by atoms with van der Waals surface area (Å²) >= 11 is 9.34. The molecule has 0 atom stereocenters. The number of hydrogen-bond donors (Lipinski definition) is 0. The third-order valence-electron chi connectivity index (χ3n) is 2.40. The molecular formula is C12H12BrClN2.